The van der Waals surface area contributed by atoms with Crippen LogP contribution in [-0.2, 0) is 11.2 Å². The first-order valence-electron chi connectivity index (χ1n) is 10.5. The number of hydrogen-bond donors (Lipinski definition) is 2. The van der Waals surface area contributed by atoms with E-state index < -0.39 is 0 Å². The summed E-state index contributed by atoms with van der Waals surface area (Å²) in [6.07, 6.45) is 7.58. The molecule has 9 nitrogen and oxygen atoms in total. The van der Waals surface area contributed by atoms with E-state index in [1.807, 2.05) is 47.3 Å². The highest BCUT2D eigenvalue weighted by Crippen LogP contribution is 2.28. The van der Waals surface area contributed by atoms with Gasteiger partial charge in [-0.25, -0.2) is 4.68 Å². The lowest BCUT2D eigenvalue weighted by atomic mass is 10.1. The van der Waals surface area contributed by atoms with Crippen molar-refractivity contribution in [2.75, 3.05) is 24.2 Å². The molecule has 0 amide bonds. The van der Waals surface area contributed by atoms with Gasteiger partial charge in [0.25, 0.3) is 0 Å². The first kappa shape index (κ1) is 19.4. The van der Waals surface area contributed by atoms with Crippen molar-refractivity contribution in [1.29, 1.82) is 0 Å². The number of ether oxygens (including phenoxy) is 1. The van der Waals surface area contributed by atoms with Gasteiger partial charge in [-0.1, -0.05) is 18.2 Å². The lowest BCUT2D eigenvalue weighted by molar-refractivity contribution is -0.0366. The Labute approximate surface area is 179 Å². The van der Waals surface area contributed by atoms with E-state index in [1.54, 1.807) is 6.20 Å². The molecule has 31 heavy (non-hydrogen) atoms. The van der Waals surface area contributed by atoms with Gasteiger partial charge in [0.15, 0.2) is 12.1 Å². The highest BCUT2D eigenvalue weighted by molar-refractivity contribution is 5.83. The number of nitrogens with one attached hydrogen (secondary N) is 1. The van der Waals surface area contributed by atoms with Crippen molar-refractivity contribution in [3.63, 3.8) is 0 Å². The van der Waals surface area contributed by atoms with E-state index in [1.165, 1.54) is 0 Å². The topological polar surface area (TPSA) is 117 Å². The Balaban J connectivity index is 1.39. The number of hydrogen-bond acceptors (Lipinski definition) is 8. The van der Waals surface area contributed by atoms with Gasteiger partial charge in [0.05, 0.1) is 11.7 Å². The molecule has 1 aliphatic heterocycles. The minimum atomic E-state index is -0.0336. The molecule has 158 valence electrons. The molecule has 1 aliphatic rings. The van der Waals surface area contributed by atoms with Crippen LogP contribution >= 0.6 is 0 Å². The van der Waals surface area contributed by atoms with E-state index in [0.717, 1.165) is 54.5 Å². The molecule has 0 spiro atoms. The number of rotatable bonds is 6. The molecule has 5 rings (SSSR count). The fourth-order valence-electron chi connectivity index (χ4n) is 3.77. The van der Waals surface area contributed by atoms with E-state index >= 15 is 0 Å². The fourth-order valence-corrected chi connectivity index (χ4v) is 3.77. The van der Waals surface area contributed by atoms with Crippen LogP contribution in [0.4, 0.5) is 11.9 Å². The Bertz CT molecular complexity index is 1170. The third-order valence-corrected chi connectivity index (χ3v) is 5.33. The number of benzene rings is 1. The van der Waals surface area contributed by atoms with Crippen molar-refractivity contribution < 1.29 is 4.74 Å². The summed E-state index contributed by atoms with van der Waals surface area (Å²) >= 11 is 0. The van der Waals surface area contributed by atoms with E-state index in [4.69, 9.17) is 10.5 Å². The van der Waals surface area contributed by atoms with Crippen LogP contribution in [0.3, 0.4) is 0 Å². The lowest BCUT2D eigenvalue weighted by Crippen LogP contribution is -2.18. The van der Waals surface area contributed by atoms with Gasteiger partial charge in [0, 0.05) is 42.4 Å². The van der Waals surface area contributed by atoms with Crippen molar-refractivity contribution in [2.24, 2.45) is 0 Å². The maximum absolute atomic E-state index is 5.97. The number of fused-ring (bicyclic) bond motifs is 1. The summed E-state index contributed by atoms with van der Waals surface area (Å²) in [5.41, 5.74) is 8.81. The highest BCUT2D eigenvalue weighted by Gasteiger charge is 2.19. The van der Waals surface area contributed by atoms with Gasteiger partial charge in [-0.3, -0.25) is 4.98 Å². The second-order valence-corrected chi connectivity index (χ2v) is 7.52. The minimum absolute atomic E-state index is 0.0336. The molecule has 1 fully saturated rings. The van der Waals surface area contributed by atoms with Crippen LogP contribution < -0.4 is 11.1 Å². The molecule has 0 saturated carbocycles. The molecular formula is C22H24N8O. The van der Waals surface area contributed by atoms with Crippen molar-refractivity contribution in [2.45, 2.75) is 31.9 Å². The van der Waals surface area contributed by atoms with E-state index in [2.05, 4.69) is 30.4 Å². The Kier molecular flexibility index (Phi) is 5.40. The molecule has 0 aliphatic carbocycles. The number of nitrogens with zero attached hydrogens (tertiary/aromatic N) is 6. The molecule has 1 saturated heterocycles. The summed E-state index contributed by atoms with van der Waals surface area (Å²) in [6, 6.07) is 11.9. The number of aromatic nitrogens is 6. The number of nitrogen functional groups attached to an aromatic ring is 1. The van der Waals surface area contributed by atoms with Gasteiger partial charge in [0.1, 0.15) is 0 Å². The van der Waals surface area contributed by atoms with Crippen molar-refractivity contribution in [3.8, 4) is 11.4 Å². The molecule has 3 N–H and O–H groups in total. The van der Waals surface area contributed by atoms with Crippen molar-refractivity contribution in [1.82, 2.24) is 29.7 Å². The van der Waals surface area contributed by atoms with Gasteiger partial charge in [-0.2, -0.15) is 20.1 Å². The summed E-state index contributed by atoms with van der Waals surface area (Å²) < 4.78 is 7.87. The van der Waals surface area contributed by atoms with Crippen LogP contribution in [0.2, 0.25) is 0 Å². The zero-order valence-electron chi connectivity index (χ0n) is 17.1. The Morgan fingerprint density at radius 2 is 2.10 bits per heavy atom. The average molecular weight is 416 g/mol. The molecular weight excluding hydrogens is 392 g/mol. The van der Waals surface area contributed by atoms with Crippen molar-refractivity contribution >= 4 is 22.8 Å². The Morgan fingerprint density at radius 3 is 2.94 bits per heavy atom. The van der Waals surface area contributed by atoms with Crippen LogP contribution in [-0.4, -0.2) is 42.9 Å². The lowest BCUT2D eigenvalue weighted by Gasteiger charge is -2.23. The van der Waals surface area contributed by atoms with Crippen LogP contribution in [0, 0.1) is 0 Å². The average Bonchev–Trinajstić information content (AvgIpc) is 3.23. The second kappa shape index (κ2) is 8.65. The first-order valence-corrected chi connectivity index (χ1v) is 10.5. The number of pyridine rings is 1. The molecule has 4 aromatic rings. The van der Waals surface area contributed by atoms with Gasteiger partial charge in [-0.15, -0.1) is 0 Å². The van der Waals surface area contributed by atoms with Crippen LogP contribution in [0.1, 0.15) is 31.2 Å². The minimum Gasteiger partial charge on any atom is -0.368 e. The second-order valence-electron chi connectivity index (χ2n) is 7.52. The van der Waals surface area contributed by atoms with Gasteiger partial charge >= 0.3 is 0 Å². The summed E-state index contributed by atoms with van der Waals surface area (Å²) in [6.45, 7) is 1.41. The zero-order chi connectivity index (χ0) is 21.0. The largest absolute Gasteiger partial charge is 0.368 e. The molecule has 1 unspecified atom stereocenters. The summed E-state index contributed by atoms with van der Waals surface area (Å²) in [5.74, 6) is 1.14. The summed E-state index contributed by atoms with van der Waals surface area (Å²) in [5, 5.41) is 8.82. The molecule has 1 aromatic carbocycles. The smallest absolute Gasteiger partial charge is 0.228 e. The van der Waals surface area contributed by atoms with Crippen LogP contribution in [0.15, 0.2) is 48.8 Å². The van der Waals surface area contributed by atoms with Crippen LogP contribution in [0.5, 0.6) is 0 Å². The summed E-state index contributed by atoms with van der Waals surface area (Å²) in [7, 11) is 0. The van der Waals surface area contributed by atoms with E-state index in [-0.39, 0.29) is 12.2 Å². The highest BCUT2D eigenvalue weighted by atomic mass is 16.5. The third-order valence-electron chi connectivity index (χ3n) is 5.33. The number of anilines is 2. The fraction of sp³-hybridized carbons (Fsp3) is 0.318. The summed E-state index contributed by atoms with van der Waals surface area (Å²) in [4.78, 5) is 17.5. The normalized spacial score (nSPS) is 16.5. The molecule has 4 heterocycles. The monoisotopic (exact) mass is 416 g/mol. The van der Waals surface area contributed by atoms with Crippen LogP contribution in [0.25, 0.3) is 22.3 Å². The third kappa shape index (κ3) is 4.31. The molecule has 0 radical (unpaired) electrons. The predicted octanol–water partition coefficient (Wildman–Crippen LogP) is 3.22. The predicted molar refractivity (Wildman–Crippen MR) is 118 cm³/mol. The standard InChI is InChI=1S/C22H24N8O/c23-21-27-20(28-22(29-21)25-11-9-17-5-1-3-10-24-17)15-7-8-16-14-26-30(18(16)13-15)19-6-2-4-12-31-19/h1,3,5,7-8,10,13-14,19H,2,4,6,9,11-12H2,(H3,23,25,27,28,29). The molecule has 9 heteroatoms. The van der Waals surface area contributed by atoms with Gasteiger partial charge < -0.3 is 15.8 Å². The number of nitrogens with two attached hydrogens (primary N) is 1. The van der Waals surface area contributed by atoms with Gasteiger partial charge in [-0.05, 0) is 37.5 Å². The molecule has 3 aromatic heterocycles. The zero-order valence-corrected chi connectivity index (χ0v) is 17.1. The van der Waals surface area contributed by atoms with Gasteiger partial charge in [0.2, 0.25) is 11.9 Å². The maximum atomic E-state index is 5.97. The quantitative estimate of drug-likeness (QED) is 0.492. The Hall–Kier alpha value is -3.59. The van der Waals surface area contributed by atoms with Crippen molar-refractivity contribution in [3.05, 3.63) is 54.5 Å². The van der Waals surface area contributed by atoms with E-state index in [9.17, 15) is 0 Å². The first-order chi connectivity index (χ1) is 15.3. The maximum Gasteiger partial charge on any atom is 0.228 e. The molecule has 1 atom stereocenters. The van der Waals surface area contributed by atoms with E-state index in [0.29, 0.717) is 18.3 Å². The SMILES string of the molecule is Nc1nc(NCCc2ccccn2)nc(-c2ccc3cnn(C4CCCCO4)c3c2)n1. The molecule has 0 bridgehead atoms. The Morgan fingerprint density at radius 1 is 1.13 bits per heavy atom.